The number of amides is 1. The fourth-order valence-corrected chi connectivity index (χ4v) is 4.14. The van der Waals surface area contributed by atoms with Crippen molar-refractivity contribution >= 4 is 17.3 Å². The van der Waals surface area contributed by atoms with E-state index in [2.05, 4.69) is 55.1 Å². The van der Waals surface area contributed by atoms with Crippen LogP contribution in [0.15, 0.2) is 84.0 Å². The van der Waals surface area contributed by atoms with Gasteiger partial charge in [0, 0.05) is 18.7 Å². The van der Waals surface area contributed by atoms with Crippen molar-refractivity contribution < 1.29 is 9.72 Å². The number of hydrogen-bond donors (Lipinski definition) is 0. The van der Waals surface area contributed by atoms with E-state index in [-0.39, 0.29) is 24.3 Å². The lowest BCUT2D eigenvalue weighted by molar-refractivity contribution is -0.384. The minimum atomic E-state index is -0.432. The molecule has 1 aliphatic heterocycles. The van der Waals surface area contributed by atoms with Gasteiger partial charge in [-0.3, -0.25) is 19.8 Å². The summed E-state index contributed by atoms with van der Waals surface area (Å²) >= 11 is 0. The largest absolute Gasteiger partial charge is 0.271 e. The van der Waals surface area contributed by atoms with Crippen LogP contribution in [0.4, 0.5) is 5.69 Å². The molecule has 1 aliphatic rings. The zero-order chi connectivity index (χ0) is 24.2. The molecular weight excluding hydrogens is 428 g/mol. The van der Waals surface area contributed by atoms with Crippen LogP contribution < -0.4 is 0 Å². The van der Waals surface area contributed by atoms with Crippen LogP contribution in [0.2, 0.25) is 0 Å². The second-order valence-corrected chi connectivity index (χ2v) is 8.81. The van der Waals surface area contributed by atoms with E-state index in [1.54, 1.807) is 17.1 Å². The Morgan fingerprint density at radius 2 is 1.68 bits per heavy atom. The molecule has 0 spiro atoms. The molecule has 4 rings (SSSR count). The van der Waals surface area contributed by atoms with Crippen molar-refractivity contribution in [3.63, 3.8) is 0 Å². The van der Waals surface area contributed by atoms with E-state index in [1.165, 1.54) is 17.7 Å². The first-order valence-corrected chi connectivity index (χ1v) is 11.3. The predicted octanol–water partition coefficient (Wildman–Crippen LogP) is 5.49. The van der Waals surface area contributed by atoms with Crippen LogP contribution in [0.5, 0.6) is 0 Å². The topological polar surface area (TPSA) is 79.0 Å². The van der Waals surface area contributed by atoms with Gasteiger partial charge in [0.1, 0.15) is 6.17 Å². The Morgan fingerprint density at radius 1 is 1.03 bits per heavy atom. The van der Waals surface area contributed by atoms with Crippen LogP contribution >= 0.6 is 0 Å². The quantitative estimate of drug-likeness (QED) is 0.268. The molecule has 0 saturated carbocycles. The van der Waals surface area contributed by atoms with E-state index < -0.39 is 4.92 Å². The molecule has 1 saturated heterocycles. The highest BCUT2D eigenvalue weighted by Gasteiger charge is 2.39. The fraction of sp³-hybridized carbons (Fsp3) is 0.259. The standard InChI is InChI=1S/C27H28N4O3/c1-19(2)22-9-11-24(12-10-22)27-29(17-21-7-5-4-6-8-21)18-26(32)30(27)28-20(3)23-13-15-25(16-14-23)31(33)34/h4-16,19,27H,17-18H2,1-3H3/b28-20-/t27-/m1/s1. The van der Waals surface area contributed by atoms with E-state index in [9.17, 15) is 14.9 Å². The number of carbonyl (C=O) groups is 1. The maximum atomic E-state index is 13.1. The van der Waals surface area contributed by atoms with E-state index in [4.69, 9.17) is 5.10 Å². The Balaban J connectivity index is 1.68. The minimum absolute atomic E-state index is 0.0194. The van der Waals surface area contributed by atoms with Gasteiger partial charge in [0.05, 0.1) is 17.2 Å². The Kier molecular flexibility index (Phi) is 6.84. The molecule has 0 aliphatic carbocycles. The van der Waals surface area contributed by atoms with E-state index in [0.29, 0.717) is 18.2 Å². The molecule has 1 atom stereocenters. The Labute approximate surface area is 199 Å². The summed E-state index contributed by atoms with van der Waals surface area (Å²) in [5.41, 5.74) is 4.72. The van der Waals surface area contributed by atoms with Gasteiger partial charge in [0.2, 0.25) is 0 Å². The molecule has 0 radical (unpaired) electrons. The number of benzene rings is 3. The summed E-state index contributed by atoms with van der Waals surface area (Å²) in [4.78, 5) is 25.8. The maximum absolute atomic E-state index is 13.1. The van der Waals surface area contributed by atoms with Gasteiger partial charge < -0.3 is 0 Å². The van der Waals surface area contributed by atoms with Crippen molar-refractivity contribution in [1.29, 1.82) is 0 Å². The number of nitro groups is 1. The molecule has 0 N–H and O–H groups in total. The first kappa shape index (κ1) is 23.3. The van der Waals surface area contributed by atoms with Crippen molar-refractivity contribution in [3.8, 4) is 0 Å². The SMILES string of the molecule is C/C(=N/N1C(=O)CN(Cc2ccccc2)[C@H]1c1ccc(C(C)C)cc1)c1ccc([N+](=O)[O-])cc1. The lowest BCUT2D eigenvalue weighted by Gasteiger charge is -2.28. The van der Waals surface area contributed by atoms with Gasteiger partial charge in [-0.1, -0.05) is 68.4 Å². The van der Waals surface area contributed by atoms with Gasteiger partial charge in [-0.2, -0.15) is 5.10 Å². The van der Waals surface area contributed by atoms with Crippen molar-refractivity contribution in [1.82, 2.24) is 9.91 Å². The summed E-state index contributed by atoms with van der Waals surface area (Å²) in [5.74, 6) is 0.327. The van der Waals surface area contributed by atoms with Crippen molar-refractivity contribution in [2.24, 2.45) is 5.10 Å². The normalized spacial score (nSPS) is 16.9. The third-order valence-electron chi connectivity index (χ3n) is 6.05. The number of non-ortho nitro benzene ring substituents is 1. The molecule has 3 aromatic carbocycles. The van der Waals surface area contributed by atoms with Crippen molar-refractivity contribution in [2.45, 2.75) is 39.4 Å². The Bertz CT molecular complexity index is 1190. The molecule has 0 aromatic heterocycles. The van der Waals surface area contributed by atoms with Crippen molar-refractivity contribution in [2.75, 3.05) is 6.54 Å². The van der Waals surface area contributed by atoms with E-state index in [1.807, 2.05) is 25.1 Å². The van der Waals surface area contributed by atoms with Gasteiger partial charge in [-0.05, 0) is 47.2 Å². The number of hydrogen-bond acceptors (Lipinski definition) is 5. The summed E-state index contributed by atoms with van der Waals surface area (Å²) in [6.45, 7) is 6.99. The van der Waals surface area contributed by atoms with Gasteiger partial charge in [-0.25, -0.2) is 5.01 Å². The molecule has 1 amide bonds. The van der Waals surface area contributed by atoms with Crippen molar-refractivity contribution in [3.05, 3.63) is 111 Å². The molecule has 7 nitrogen and oxygen atoms in total. The monoisotopic (exact) mass is 456 g/mol. The van der Waals surface area contributed by atoms with Crippen LogP contribution in [0.1, 0.15) is 55.1 Å². The average molecular weight is 457 g/mol. The third kappa shape index (κ3) is 5.05. The van der Waals surface area contributed by atoms with Crippen LogP contribution in [-0.2, 0) is 11.3 Å². The molecule has 0 bridgehead atoms. The zero-order valence-electron chi connectivity index (χ0n) is 19.6. The minimum Gasteiger partial charge on any atom is -0.271 e. The first-order valence-electron chi connectivity index (χ1n) is 11.3. The Hall–Kier alpha value is -3.84. The smallest absolute Gasteiger partial charge is 0.269 e. The summed E-state index contributed by atoms with van der Waals surface area (Å²) in [6.07, 6.45) is -0.345. The second kappa shape index (κ2) is 9.97. The number of rotatable bonds is 7. The molecule has 1 fully saturated rings. The van der Waals surface area contributed by atoms with E-state index in [0.717, 1.165) is 16.7 Å². The summed E-state index contributed by atoms with van der Waals surface area (Å²) in [5, 5.41) is 17.2. The molecule has 34 heavy (non-hydrogen) atoms. The van der Waals surface area contributed by atoms with Gasteiger partial charge in [-0.15, -0.1) is 0 Å². The fourth-order valence-electron chi connectivity index (χ4n) is 4.14. The molecule has 3 aromatic rings. The average Bonchev–Trinajstić information content (AvgIpc) is 3.14. The van der Waals surface area contributed by atoms with Crippen LogP contribution in [-0.4, -0.2) is 33.0 Å². The second-order valence-electron chi connectivity index (χ2n) is 8.81. The summed E-state index contributed by atoms with van der Waals surface area (Å²) in [7, 11) is 0. The summed E-state index contributed by atoms with van der Waals surface area (Å²) < 4.78 is 0. The highest BCUT2D eigenvalue weighted by atomic mass is 16.6. The molecule has 7 heteroatoms. The zero-order valence-corrected chi connectivity index (χ0v) is 19.6. The van der Waals surface area contributed by atoms with Crippen LogP contribution in [0, 0.1) is 10.1 Å². The third-order valence-corrected chi connectivity index (χ3v) is 6.05. The summed E-state index contributed by atoms with van der Waals surface area (Å²) in [6, 6.07) is 24.6. The molecule has 0 unspecified atom stereocenters. The van der Waals surface area contributed by atoms with E-state index >= 15 is 0 Å². The number of nitrogens with zero attached hydrogens (tertiary/aromatic N) is 4. The molecule has 1 heterocycles. The molecule has 174 valence electrons. The maximum Gasteiger partial charge on any atom is 0.269 e. The van der Waals surface area contributed by atoms with Gasteiger partial charge >= 0.3 is 0 Å². The predicted molar refractivity (Wildman–Crippen MR) is 132 cm³/mol. The number of carbonyl (C=O) groups excluding carboxylic acids is 1. The first-order chi connectivity index (χ1) is 16.3. The van der Waals surface area contributed by atoms with Gasteiger partial charge in [0.15, 0.2) is 0 Å². The van der Waals surface area contributed by atoms with Crippen LogP contribution in [0.25, 0.3) is 0 Å². The highest BCUT2D eigenvalue weighted by molar-refractivity contribution is 5.99. The number of hydrazone groups is 1. The lowest BCUT2D eigenvalue weighted by atomic mass is 10.0. The highest BCUT2D eigenvalue weighted by Crippen LogP contribution is 2.33. The lowest BCUT2D eigenvalue weighted by Crippen LogP contribution is -2.29. The van der Waals surface area contributed by atoms with Gasteiger partial charge in [0.25, 0.3) is 11.6 Å². The van der Waals surface area contributed by atoms with Crippen LogP contribution in [0.3, 0.4) is 0 Å². The molecular formula is C27H28N4O3. The number of nitro benzene ring substituents is 1. The Morgan fingerprint density at radius 3 is 2.26 bits per heavy atom.